The molecule has 4 unspecified atom stereocenters. The van der Waals surface area contributed by atoms with Crippen molar-refractivity contribution in [3.05, 3.63) is 35.9 Å². The van der Waals surface area contributed by atoms with Crippen LogP contribution in [0.3, 0.4) is 0 Å². The van der Waals surface area contributed by atoms with Crippen molar-refractivity contribution >= 4 is 39.5 Å². The van der Waals surface area contributed by atoms with Gasteiger partial charge in [0.1, 0.15) is 19.3 Å². The molecule has 1 aromatic carbocycles. The van der Waals surface area contributed by atoms with E-state index in [1.165, 1.54) is 180 Å². The lowest BCUT2D eigenvalue weighted by molar-refractivity contribution is -0.161. The number of esters is 4. The number of benzene rings is 1. The minimum absolute atomic E-state index is 0.0396. The van der Waals surface area contributed by atoms with E-state index in [9.17, 15) is 28.3 Å². The maximum atomic E-state index is 14.2. The molecule has 1 aromatic rings. The number of phosphoric ester groups is 2. The maximum absolute atomic E-state index is 14.2. The van der Waals surface area contributed by atoms with Gasteiger partial charge in [0.15, 0.2) is 12.2 Å². The lowest BCUT2D eigenvalue weighted by Crippen LogP contribution is -2.30. The minimum atomic E-state index is -4.44. The van der Waals surface area contributed by atoms with Crippen molar-refractivity contribution in [2.24, 2.45) is 0 Å². The van der Waals surface area contributed by atoms with Gasteiger partial charge >= 0.3 is 39.5 Å². The zero-order valence-electron chi connectivity index (χ0n) is 59.8. The third-order valence-corrected chi connectivity index (χ3v) is 19.6. The first-order valence-electron chi connectivity index (χ1n) is 37.6. The van der Waals surface area contributed by atoms with Crippen LogP contribution in [0.4, 0.5) is 0 Å². The van der Waals surface area contributed by atoms with Crippen LogP contribution in [0.2, 0.25) is 0 Å². The third-order valence-electron chi connectivity index (χ3n) is 16.8. The molecule has 0 saturated heterocycles. The Morgan fingerprint density at radius 1 is 0.312 bits per heavy atom. The molecule has 17 nitrogen and oxygen atoms in total. The van der Waals surface area contributed by atoms with Gasteiger partial charge < -0.3 is 23.7 Å². The summed E-state index contributed by atoms with van der Waals surface area (Å²) in [6, 6.07) is 9.24. The fraction of sp³-hybridized carbons (Fsp3) is 0.865. The van der Waals surface area contributed by atoms with E-state index in [1.807, 2.05) is 30.3 Å². The number of hydrogen-bond donors (Lipinski definition) is 0. The van der Waals surface area contributed by atoms with Gasteiger partial charge in [0.25, 0.3) is 0 Å². The molecule has 0 heterocycles. The second kappa shape index (κ2) is 64.0. The van der Waals surface area contributed by atoms with Crippen molar-refractivity contribution in [1.29, 1.82) is 0 Å². The molecule has 544 valence electrons. The van der Waals surface area contributed by atoms with Gasteiger partial charge in [-0.2, -0.15) is 0 Å². The highest BCUT2D eigenvalue weighted by Gasteiger charge is 2.34. The van der Waals surface area contributed by atoms with Crippen LogP contribution in [0.15, 0.2) is 30.3 Å². The van der Waals surface area contributed by atoms with E-state index in [1.54, 1.807) is 0 Å². The van der Waals surface area contributed by atoms with Crippen LogP contribution in [0.25, 0.3) is 0 Å². The van der Waals surface area contributed by atoms with Crippen molar-refractivity contribution in [1.82, 2.24) is 0 Å². The second-order valence-electron chi connectivity index (χ2n) is 25.6. The average Bonchev–Trinajstić information content (AvgIpc) is 2.33. The topological polar surface area (TPSA) is 204 Å². The van der Waals surface area contributed by atoms with Crippen molar-refractivity contribution in [3.63, 3.8) is 0 Å². The number of unbranched alkanes of at least 4 members (excludes halogenated alkanes) is 40. The standard InChI is InChI=1S/C74H136O17P2/c1-7-11-15-19-23-27-31-35-39-43-50-56-71(75)84-61-69(90-73(77)58-52-45-41-37-33-29-25-21-17-13-9-3)65-88-92(79,81-5)86-63-68(83-60-67-54-48-47-49-55-67)64-87-93(80,82-6)89-66-70(91-74(78)59-53-46-42-38-34-30-26-22-18-14-10-4)62-85-72(76)57-51-44-40-36-32-28-24-20-16-12-8-2/h47-49,54-55,68-70H,7-46,50-53,56-66H2,1-6H3. The highest BCUT2D eigenvalue weighted by atomic mass is 31.2. The molecule has 0 bridgehead atoms. The molecule has 0 aliphatic heterocycles. The summed E-state index contributed by atoms with van der Waals surface area (Å²) in [6.45, 7) is 6.36. The van der Waals surface area contributed by atoms with Crippen molar-refractivity contribution in [2.45, 2.75) is 361 Å². The van der Waals surface area contributed by atoms with Crippen LogP contribution < -0.4 is 0 Å². The molecular weight excluding hydrogens is 1220 g/mol. The van der Waals surface area contributed by atoms with Crippen molar-refractivity contribution < 1.29 is 79.1 Å². The third kappa shape index (κ3) is 55.9. The number of carbonyl (C=O) groups is 4. The first kappa shape index (κ1) is 88.3. The number of rotatable bonds is 71. The highest BCUT2D eigenvalue weighted by molar-refractivity contribution is 7.48. The Labute approximate surface area is 566 Å². The summed E-state index contributed by atoms with van der Waals surface area (Å²) < 4.78 is 91.1. The molecule has 1 rings (SSSR count). The monoisotopic (exact) mass is 1360 g/mol. The zero-order valence-corrected chi connectivity index (χ0v) is 61.6. The first-order valence-corrected chi connectivity index (χ1v) is 40.5. The maximum Gasteiger partial charge on any atom is 0.474 e. The van der Waals surface area contributed by atoms with Gasteiger partial charge in [0, 0.05) is 39.9 Å². The molecule has 0 fully saturated rings. The number of hydrogen-bond acceptors (Lipinski definition) is 17. The molecule has 0 N–H and O–H groups in total. The van der Waals surface area contributed by atoms with E-state index in [4.69, 9.17) is 50.8 Å². The van der Waals surface area contributed by atoms with Gasteiger partial charge in [-0.05, 0) is 31.2 Å². The van der Waals surface area contributed by atoms with Crippen LogP contribution in [0.5, 0.6) is 0 Å². The summed E-state index contributed by atoms with van der Waals surface area (Å²) in [4.78, 5) is 52.5. The SMILES string of the molecule is CCCCCCCCCCCCCC(=O)OCC(COP(=O)(OC)OCC(COP(=O)(OC)OCC(COC(=O)CCCCCCCCCCCCC)OC(=O)CCCCCCCCCCCCC)OCc1ccccc1)OC(=O)CCCCCCCCCCCCC. The Balaban J connectivity index is 3.07. The van der Waals surface area contributed by atoms with E-state index in [0.717, 1.165) is 96.8 Å². The fourth-order valence-electron chi connectivity index (χ4n) is 10.9. The predicted octanol–water partition coefficient (Wildman–Crippen LogP) is 21.9. The van der Waals surface area contributed by atoms with Gasteiger partial charge in [-0.15, -0.1) is 0 Å². The minimum Gasteiger partial charge on any atom is -0.462 e. The van der Waals surface area contributed by atoms with Crippen LogP contribution in [-0.4, -0.2) is 96.1 Å². The Hall–Kier alpha value is -2.72. The number of phosphoric acid groups is 2. The Morgan fingerprint density at radius 2 is 0.548 bits per heavy atom. The Bertz CT molecular complexity index is 1860. The quantitative estimate of drug-likeness (QED) is 0.0257. The molecule has 0 aliphatic rings. The van der Waals surface area contributed by atoms with Gasteiger partial charge in [0.05, 0.1) is 33.0 Å². The molecule has 4 atom stereocenters. The summed E-state index contributed by atoms with van der Waals surface area (Å²) >= 11 is 0. The van der Waals surface area contributed by atoms with E-state index >= 15 is 0 Å². The smallest absolute Gasteiger partial charge is 0.462 e. The molecule has 0 radical (unpaired) electrons. The Morgan fingerprint density at radius 3 is 0.806 bits per heavy atom. The van der Waals surface area contributed by atoms with Gasteiger partial charge in [-0.1, -0.05) is 315 Å². The van der Waals surface area contributed by atoms with Crippen LogP contribution in [0, 0.1) is 0 Å². The van der Waals surface area contributed by atoms with Gasteiger partial charge in [-0.25, -0.2) is 9.13 Å². The summed E-state index contributed by atoms with van der Waals surface area (Å²) in [6.07, 6.45) is 47.5. The highest BCUT2D eigenvalue weighted by Crippen LogP contribution is 2.51. The largest absolute Gasteiger partial charge is 0.474 e. The molecule has 19 heteroatoms. The molecule has 0 spiro atoms. The predicted molar refractivity (Wildman–Crippen MR) is 374 cm³/mol. The van der Waals surface area contributed by atoms with Gasteiger partial charge in [-0.3, -0.25) is 46.3 Å². The van der Waals surface area contributed by atoms with Crippen molar-refractivity contribution in [2.75, 3.05) is 53.9 Å². The fourth-order valence-corrected chi connectivity index (χ4v) is 12.9. The lowest BCUT2D eigenvalue weighted by Gasteiger charge is -2.25. The molecule has 93 heavy (non-hydrogen) atoms. The molecular formula is C74H136O17P2. The van der Waals surface area contributed by atoms with Gasteiger partial charge in [0.2, 0.25) is 0 Å². The molecule has 0 amide bonds. The number of carbonyl (C=O) groups excluding carboxylic acids is 4. The van der Waals surface area contributed by atoms with Crippen LogP contribution in [0.1, 0.15) is 341 Å². The molecule has 0 aromatic heterocycles. The summed E-state index contributed by atoms with van der Waals surface area (Å²) in [5.74, 6) is -1.85. The Kier molecular flexibility index (Phi) is 60.7. The average molecular weight is 1360 g/mol. The van der Waals surface area contributed by atoms with E-state index in [0.29, 0.717) is 25.7 Å². The summed E-state index contributed by atoms with van der Waals surface area (Å²) in [5, 5.41) is 0. The van der Waals surface area contributed by atoms with E-state index in [2.05, 4.69) is 27.7 Å². The number of ether oxygens (including phenoxy) is 5. The normalized spacial score (nSPS) is 13.9. The lowest BCUT2D eigenvalue weighted by atomic mass is 10.1. The van der Waals surface area contributed by atoms with Crippen LogP contribution in [-0.2, 0) is 85.7 Å². The summed E-state index contributed by atoms with van der Waals surface area (Å²) in [5.41, 5.74) is 0.784. The summed E-state index contributed by atoms with van der Waals surface area (Å²) in [7, 11) is -6.60. The second-order valence-corrected chi connectivity index (χ2v) is 29.1. The van der Waals surface area contributed by atoms with Crippen LogP contribution >= 0.6 is 15.6 Å². The molecule has 0 aliphatic carbocycles. The van der Waals surface area contributed by atoms with E-state index < -0.39 is 84.3 Å². The van der Waals surface area contributed by atoms with E-state index in [-0.39, 0.29) is 45.5 Å². The van der Waals surface area contributed by atoms with Crippen molar-refractivity contribution in [3.8, 4) is 0 Å². The molecule has 0 saturated carbocycles. The first-order chi connectivity index (χ1) is 45.3. The zero-order chi connectivity index (χ0) is 67.8.